The maximum absolute atomic E-state index is 14.2. The van der Waals surface area contributed by atoms with Crippen molar-refractivity contribution in [2.75, 3.05) is 31.2 Å². The molecular weight excluding hydrogens is 586 g/mol. The van der Waals surface area contributed by atoms with E-state index in [2.05, 4.69) is 24.8 Å². The Labute approximate surface area is 267 Å². The lowest BCUT2D eigenvalue weighted by molar-refractivity contribution is -0.139. The number of esters is 1. The first-order chi connectivity index (χ1) is 21.9. The monoisotopic (exact) mass is 625 g/mol. The predicted molar refractivity (Wildman–Crippen MR) is 179 cm³/mol. The van der Waals surface area contributed by atoms with E-state index in [1.54, 1.807) is 18.4 Å². The number of thiazole rings is 1. The summed E-state index contributed by atoms with van der Waals surface area (Å²) in [7, 11) is 0. The van der Waals surface area contributed by atoms with Gasteiger partial charge in [0.25, 0.3) is 5.56 Å². The van der Waals surface area contributed by atoms with Gasteiger partial charge in [-0.25, -0.2) is 9.79 Å². The molecule has 0 saturated carbocycles. The third-order valence-electron chi connectivity index (χ3n) is 7.67. The molecule has 9 heteroatoms. The molecule has 0 aliphatic carbocycles. The van der Waals surface area contributed by atoms with Crippen molar-refractivity contribution in [3.8, 4) is 11.5 Å². The summed E-state index contributed by atoms with van der Waals surface area (Å²) in [6.07, 6.45) is 1.86. The van der Waals surface area contributed by atoms with Gasteiger partial charge in [-0.1, -0.05) is 53.8 Å². The van der Waals surface area contributed by atoms with Gasteiger partial charge in [-0.3, -0.25) is 9.36 Å². The van der Waals surface area contributed by atoms with Gasteiger partial charge in [0.2, 0.25) is 0 Å². The van der Waals surface area contributed by atoms with Crippen molar-refractivity contribution < 1.29 is 19.0 Å². The van der Waals surface area contributed by atoms with Crippen LogP contribution < -0.4 is 29.3 Å². The van der Waals surface area contributed by atoms with E-state index < -0.39 is 12.0 Å². The standard InChI is InChI=1S/C36H39N3O5S/c1-6-38(7-2)28-18-15-27(30(22-28)44-23-25-13-11-10-12-14-25)21-31-34(40)39-33(26-16-19-29(20-17-26)42-8-3)32(35(41)43-9-4)24(5)37-36(39)45-31/h10-22,33H,6-9,23H2,1-5H3/b31-21-/t33-/m1/s1. The highest BCUT2D eigenvalue weighted by Crippen LogP contribution is 2.32. The Bertz CT molecular complexity index is 1860. The molecule has 3 aromatic carbocycles. The van der Waals surface area contributed by atoms with Crippen molar-refractivity contribution >= 4 is 29.1 Å². The highest BCUT2D eigenvalue weighted by molar-refractivity contribution is 7.07. The van der Waals surface area contributed by atoms with Crippen LogP contribution in [0, 0.1) is 0 Å². The molecular formula is C36H39N3O5S. The number of carbonyl (C=O) groups excluding carboxylic acids is 1. The predicted octanol–water partition coefficient (Wildman–Crippen LogP) is 5.62. The molecule has 0 saturated heterocycles. The molecule has 1 aliphatic rings. The quantitative estimate of drug-likeness (QED) is 0.190. The van der Waals surface area contributed by atoms with Crippen LogP contribution in [0.4, 0.5) is 5.69 Å². The van der Waals surface area contributed by atoms with E-state index in [1.807, 2.05) is 79.7 Å². The van der Waals surface area contributed by atoms with E-state index in [0.717, 1.165) is 35.5 Å². The zero-order valence-corrected chi connectivity index (χ0v) is 27.2. The average molecular weight is 626 g/mol. The van der Waals surface area contributed by atoms with Gasteiger partial charge in [-0.05, 0) is 76.1 Å². The fraction of sp³-hybridized carbons (Fsp3) is 0.306. The summed E-state index contributed by atoms with van der Waals surface area (Å²) < 4.78 is 19.5. The third kappa shape index (κ3) is 6.88. The summed E-state index contributed by atoms with van der Waals surface area (Å²) in [6.45, 7) is 12.6. The second-order valence-corrected chi connectivity index (χ2v) is 11.5. The molecule has 0 bridgehead atoms. The summed E-state index contributed by atoms with van der Waals surface area (Å²) in [4.78, 5) is 34.9. The fourth-order valence-electron chi connectivity index (χ4n) is 5.45. The van der Waals surface area contributed by atoms with E-state index in [9.17, 15) is 9.59 Å². The van der Waals surface area contributed by atoms with Gasteiger partial charge < -0.3 is 19.1 Å². The lowest BCUT2D eigenvalue weighted by atomic mass is 9.96. The minimum Gasteiger partial charge on any atom is -0.494 e. The summed E-state index contributed by atoms with van der Waals surface area (Å²) >= 11 is 1.29. The van der Waals surface area contributed by atoms with Crippen LogP contribution in [-0.2, 0) is 16.1 Å². The summed E-state index contributed by atoms with van der Waals surface area (Å²) in [5.74, 6) is 0.902. The van der Waals surface area contributed by atoms with E-state index in [4.69, 9.17) is 19.2 Å². The number of hydrogen-bond acceptors (Lipinski definition) is 8. The fourth-order valence-corrected chi connectivity index (χ4v) is 6.49. The second-order valence-electron chi connectivity index (χ2n) is 10.5. The Kier molecular flexibility index (Phi) is 10.2. The van der Waals surface area contributed by atoms with E-state index in [1.165, 1.54) is 11.3 Å². The van der Waals surface area contributed by atoms with Crippen LogP contribution >= 0.6 is 11.3 Å². The molecule has 0 spiro atoms. The van der Waals surface area contributed by atoms with Crippen molar-refractivity contribution in [3.05, 3.63) is 120 Å². The van der Waals surface area contributed by atoms with E-state index in [0.29, 0.717) is 45.3 Å². The first kappa shape index (κ1) is 31.8. The maximum atomic E-state index is 14.2. The third-order valence-corrected chi connectivity index (χ3v) is 8.66. The molecule has 0 radical (unpaired) electrons. The Morgan fingerprint density at radius 1 is 0.956 bits per heavy atom. The molecule has 234 valence electrons. The molecule has 0 amide bonds. The van der Waals surface area contributed by atoms with Gasteiger partial charge in [0.1, 0.15) is 18.1 Å². The number of rotatable bonds is 12. The lowest BCUT2D eigenvalue weighted by Gasteiger charge is -2.24. The second kappa shape index (κ2) is 14.4. The van der Waals surface area contributed by atoms with Gasteiger partial charge >= 0.3 is 5.97 Å². The number of fused-ring (bicyclic) bond motifs is 1. The highest BCUT2D eigenvalue weighted by Gasteiger charge is 2.33. The van der Waals surface area contributed by atoms with Crippen LogP contribution in [0.15, 0.2) is 93.9 Å². The zero-order valence-electron chi connectivity index (χ0n) is 26.4. The number of nitrogens with zero attached hydrogens (tertiary/aromatic N) is 3. The zero-order chi connectivity index (χ0) is 31.9. The highest BCUT2D eigenvalue weighted by atomic mass is 32.1. The number of ether oxygens (including phenoxy) is 3. The Hall–Kier alpha value is -4.63. The molecule has 0 unspecified atom stereocenters. The number of carbonyl (C=O) groups is 1. The van der Waals surface area contributed by atoms with Gasteiger partial charge in [0.15, 0.2) is 4.80 Å². The van der Waals surface area contributed by atoms with Gasteiger partial charge in [0, 0.05) is 30.4 Å². The molecule has 2 heterocycles. The Balaban J connectivity index is 1.63. The summed E-state index contributed by atoms with van der Waals surface area (Å²) in [5.41, 5.74) is 4.27. The molecule has 4 aromatic rings. The normalized spacial score (nSPS) is 14.5. The van der Waals surface area contributed by atoms with Crippen LogP contribution in [-0.4, -0.2) is 36.8 Å². The number of benzene rings is 3. The summed E-state index contributed by atoms with van der Waals surface area (Å²) in [6, 6.07) is 22.8. The van der Waals surface area contributed by atoms with Crippen molar-refractivity contribution in [3.63, 3.8) is 0 Å². The topological polar surface area (TPSA) is 82.4 Å². The largest absolute Gasteiger partial charge is 0.494 e. The molecule has 0 fully saturated rings. The van der Waals surface area contributed by atoms with Crippen molar-refractivity contribution in [2.24, 2.45) is 4.99 Å². The molecule has 1 atom stereocenters. The van der Waals surface area contributed by atoms with Crippen LogP contribution in [0.5, 0.6) is 11.5 Å². The van der Waals surface area contributed by atoms with E-state index in [-0.39, 0.29) is 12.2 Å². The number of allylic oxidation sites excluding steroid dienone is 1. The average Bonchev–Trinajstić information content (AvgIpc) is 3.35. The Morgan fingerprint density at radius 2 is 1.69 bits per heavy atom. The van der Waals surface area contributed by atoms with Crippen molar-refractivity contribution in [1.82, 2.24) is 4.57 Å². The molecule has 5 rings (SSSR count). The minimum atomic E-state index is -0.697. The van der Waals surface area contributed by atoms with Crippen LogP contribution in [0.3, 0.4) is 0 Å². The van der Waals surface area contributed by atoms with Gasteiger partial charge in [-0.2, -0.15) is 0 Å². The van der Waals surface area contributed by atoms with Crippen molar-refractivity contribution in [1.29, 1.82) is 0 Å². The van der Waals surface area contributed by atoms with E-state index >= 15 is 0 Å². The number of aromatic nitrogens is 1. The maximum Gasteiger partial charge on any atom is 0.338 e. The molecule has 8 nitrogen and oxygen atoms in total. The first-order valence-electron chi connectivity index (χ1n) is 15.4. The number of hydrogen-bond donors (Lipinski definition) is 0. The van der Waals surface area contributed by atoms with Crippen molar-refractivity contribution in [2.45, 2.75) is 47.3 Å². The smallest absolute Gasteiger partial charge is 0.338 e. The SMILES string of the molecule is CCOC(=O)C1=C(C)N=c2s/c(=C\c3ccc(N(CC)CC)cc3OCc3ccccc3)c(=O)n2[C@@H]1c1ccc(OCC)cc1. The molecule has 45 heavy (non-hydrogen) atoms. The molecule has 1 aliphatic heterocycles. The molecule has 1 aromatic heterocycles. The van der Waals surface area contributed by atoms with Gasteiger partial charge in [-0.15, -0.1) is 0 Å². The lowest BCUT2D eigenvalue weighted by Crippen LogP contribution is -2.39. The molecule has 0 N–H and O–H groups in total. The van der Waals surface area contributed by atoms with Gasteiger partial charge in [0.05, 0.1) is 35.1 Å². The van der Waals surface area contributed by atoms with Crippen LogP contribution in [0.25, 0.3) is 6.08 Å². The minimum absolute atomic E-state index is 0.214. The Morgan fingerprint density at radius 3 is 2.36 bits per heavy atom. The summed E-state index contributed by atoms with van der Waals surface area (Å²) in [5, 5.41) is 0. The van der Waals surface area contributed by atoms with Crippen LogP contribution in [0.2, 0.25) is 0 Å². The number of anilines is 1. The first-order valence-corrected chi connectivity index (χ1v) is 16.2. The van der Waals surface area contributed by atoms with Crippen LogP contribution in [0.1, 0.15) is 57.4 Å².